The maximum absolute atomic E-state index is 14.5. The van der Waals surface area contributed by atoms with Crippen molar-refractivity contribution >= 4 is 6.08 Å². The van der Waals surface area contributed by atoms with Gasteiger partial charge in [0.25, 0.3) is 0 Å². The second kappa shape index (κ2) is 7.00. The molecule has 9 heteroatoms. The first-order chi connectivity index (χ1) is 14.1. The Kier molecular flexibility index (Phi) is 4.31. The number of nitrogens with one attached hydrogen (secondary N) is 1. The fraction of sp³-hybridized carbons (Fsp3) is 0.300. The Hall–Kier alpha value is -3.20. The molecule has 5 rings (SSSR count). The molecule has 0 saturated carbocycles. The molecule has 1 aromatic carbocycles. The van der Waals surface area contributed by atoms with Gasteiger partial charge in [-0.3, -0.25) is 0 Å². The zero-order valence-electron chi connectivity index (χ0n) is 15.3. The van der Waals surface area contributed by atoms with Gasteiger partial charge in [0.05, 0.1) is 18.2 Å². The molecule has 7 nitrogen and oxygen atoms in total. The third kappa shape index (κ3) is 3.27. The first kappa shape index (κ1) is 17.9. The summed E-state index contributed by atoms with van der Waals surface area (Å²) in [7, 11) is 0. The number of imidazole rings is 1. The van der Waals surface area contributed by atoms with E-state index >= 15 is 0 Å². The van der Waals surface area contributed by atoms with Gasteiger partial charge in [-0.05, 0) is 36.6 Å². The molecule has 2 fully saturated rings. The van der Waals surface area contributed by atoms with Crippen molar-refractivity contribution in [3.05, 3.63) is 54.5 Å². The standard InChI is InChI=1S/C20H18F2N6O/c21-14-8-16-20(22)11(5-15(14)25-16)6-19-24-9-17(26-27-19)13-2-1-12(7-18(13)29)28-4-3-23-10-28/h1-4,6-7,9-10,14-16,20,25,29H,5,8H2/b11-6+/t14-,15?,16?,20-/m0/s1. The van der Waals surface area contributed by atoms with Crippen molar-refractivity contribution in [3.63, 3.8) is 0 Å². The number of alkyl halides is 2. The van der Waals surface area contributed by atoms with E-state index in [1.54, 1.807) is 41.5 Å². The summed E-state index contributed by atoms with van der Waals surface area (Å²) in [5, 5.41) is 21.5. The maximum atomic E-state index is 14.5. The molecule has 2 aliphatic heterocycles. The average Bonchev–Trinajstić information content (AvgIpc) is 3.36. The van der Waals surface area contributed by atoms with Crippen molar-refractivity contribution in [1.82, 2.24) is 30.0 Å². The van der Waals surface area contributed by atoms with Crippen LogP contribution in [0.15, 0.2) is 48.7 Å². The van der Waals surface area contributed by atoms with Crippen LogP contribution in [0.1, 0.15) is 18.7 Å². The van der Waals surface area contributed by atoms with Gasteiger partial charge in [-0.2, -0.15) is 0 Å². The van der Waals surface area contributed by atoms with Crippen LogP contribution < -0.4 is 5.32 Å². The number of phenolic OH excluding ortho intramolecular Hbond substituents is 1. The minimum atomic E-state index is -1.25. The molecular formula is C20H18F2N6O. The van der Waals surface area contributed by atoms with Crippen LogP contribution in [0.4, 0.5) is 8.78 Å². The molecule has 0 radical (unpaired) electrons. The molecule has 2 aromatic heterocycles. The lowest BCUT2D eigenvalue weighted by Gasteiger charge is -2.27. The third-order valence-electron chi connectivity index (χ3n) is 5.46. The Bertz CT molecular complexity index is 1050. The molecule has 3 aromatic rings. The van der Waals surface area contributed by atoms with E-state index in [0.717, 1.165) is 5.69 Å². The summed E-state index contributed by atoms with van der Waals surface area (Å²) in [6.07, 6.45) is 6.28. The Morgan fingerprint density at radius 1 is 1.21 bits per heavy atom. The van der Waals surface area contributed by atoms with Gasteiger partial charge in [0.15, 0.2) is 5.82 Å². The van der Waals surface area contributed by atoms with E-state index in [0.29, 0.717) is 23.3 Å². The number of aromatic nitrogens is 5. The maximum Gasteiger partial charge on any atom is 0.174 e. The quantitative estimate of drug-likeness (QED) is 0.708. The Morgan fingerprint density at radius 3 is 2.83 bits per heavy atom. The second-order valence-electron chi connectivity index (χ2n) is 7.33. The summed E-state index contributed by atoms with van der Waals surface area (Å²) in [6, 6.07) is 4.29. The minimum Gasteiger partial charge on any atom is -0.507 e. The molecule has 0 spiro atoms. The second-order valence-corrected chi connectivity index (χ2v) is 7.33. The number of hydrogen-bond acceptors (Lipinski definition) is 6. The fourth-order valence-electron chi connectivity index (χ4n) is 3.96. The highest BCUT2D eigenvalue weighted by atomic mass is 19.1. The lowest BCUT2D eigenvalue weighted by atomic mass is 9.96. The largest absolute Gasteiger partial charge is 0.507 e. The Morgan fingerprint density at radius 2 is 2.10 bits per heavy atom. The summed E-state index contributed by atoms with van der Waals surface area (Å²) < 4.78 is 30.1. The molecule has 2 aliphatic rings. The van der Waals surface area contributed by atoms with Crippen LogP contribution in [-0.4, -0.2) is 54.3 Å². The number of halogens is 2. The third-order valence-corrected chi connectivity index (χ3v) is 5.46. The number of phenols is 1. The molecule has 2 saturated heterocycles. The van der Waals surface area contributed by atoms with Gasteiger partial charge in [-0.15, -0.1) is 10.2 Å². The number of benzene rings is 1. The number of hydrogen-bond donors (Lipinski definition) is 2. The number of nitrogens with zero attached hydrogens (tertiary/aromatic N) is 5. The first-order valence-electron chi connectivity index (χ1n) is 9.34. The molecule has 2 unspecified atom stereocenters. The van der Waals surface area contributed by atoms with Crippen LogP contribution in [0.2, 0.25) is 0 Å². The molecule has 0 amide bonds. The SMILES string of the molecule is Oc1cc(-n2ccnc2)ccc1-c1cnc(/C=C2\CC3NC(C[C@@H]3F)[C@H]2F)nn1. The fourth-order valence-corrected chi connectivity index (χ4v) is 3.96. The molecule has 2 bridgehead atoms. The van der Waals surface area contributed by atoms with Crippen molar-refractivity contribution < 1.29 is 13.9 Å². The van der Waals surface area contributed by atoms with Gasteiger partial charge in [0.1, 0.15) is 23.8 Å². The van der Waals surface area contributed by atoms with E-state index < -0.39 is 18.4 Å². The molecule has 29 heavy (non-hydrogen) atoms. The van der Waals surface area contributed by atoms with Crippen LogP contribution in [0.25, 0.3) is 23.0 Å². The van der Waals surface area contributed by atoms with Gasteiger partial charge < -0.3 is 15.0 Å². The molecule has 4 atom stereocenters. The van der Waals surface area contributed by atoms with Crippen molar-refractivity contribution in [2.75, 3.05) is 0 Å². The molecule has 0 aliphatic carbocycles. The molecule has 2 N–H and O–H groups in total. The van der Waals surface area contributed by atoms with Gasteiger partial charge >= 0.3 is 0 Å². The van der Waals surface area contributed by atoms with E-state index in [9.17, 15) is 13.9 Å². The van der Waals surface area contributed by atoms with E-state index in [1.807, 2.05) is 6.07 Å². The van der Waals surface area contributed by atoms with E-state index in [1.165, 1.54) is 6.20 Å². The van der Waals surface area contributed by atoms with E-state index in [-0.39, 0.29) is 24.0 Å². The number of fused-ring (bicyclic) bond motifs is 2. The molecule has 4 heterocycles. The molecular weight excluding hydrogens is 378 g/mol. The van der Waals surface area contributed by atoms with E-state index in [4.69, 9.17) is 0 Å². The predicted molar refractivity (Wildman–Crippen MR) is 102 cm³/mol. The van der Waals surface area contributed by atoms with E-state index in [2.05, 4.69) is 25.5 Å². The lowest BCUT2D eigenvalue weighted by molar-refractivity contribution is 0.265. The van der Waals surface area contributed by atoms with Crippen LogP contribution in [0, 0.1) is 0 Å². The smallest absolute Gasteiger partial charge is 0.174 e. The zero-order valence-corrected chi connectivity index (χ0v) is 15.3. The van der Waals surface area contributed by atoms with Crippen molar-refractivity contribution in [3.8, 4) is 22.7 Å². The van der Waals surface area contributed by atoms with Crippen LogP contribution in [0.3, 0.4) is 0 Å². The Labute approximate surface area is 165 Å². The summed E-state index contributed by atoms with van der Waals surface area (Å²) in [5.74, 6) is 0.295. The highest BCUT2D eigenvalue weighted by Gasteiger charge is 2.44. The van der Waals surface area contributed by atoms with Crippen LogP contribution >= 0.6 is 0 Å². The normalized spacial score (nSPS) is 27.4. The number of piperidine rings is 1. The minimum absolute atomic E-state index is 0.0335. The van der Waals surface area contributed by atoms with Crippen molar-refractivity contribution in [2.24, 2.45) is 0 Å². The summed E-state index contributed by atoms with van der Waals surface area (Å²) in [4.78, 5) is 8.21. The van der Waals surface area contributed by atoms with Gasteiger partial charge in [0, 0.05) is 36.1 Å². The highest BCUT2D eigenvalue weighted by molar-refractivity contribution is 5.68. The monoisotopic (exact) mass is 396 g/mol. The average molecular weight is 396 g/mol. The van der Waals surface area contributed by atoms with Crippen molar-refractivity contribution in [1.29, 1.82) is 0 Å². The lowest BCUT2D eigenvalue weighted by Crippen LogP contribution is -2.44. The summed E-state index contributed by atoms with van der Waals surface area (Å²) in [6.45, 7) is 0. The van der Waals surface area contributed by atoms with Gasteiger partial charge in [0.2, 0.25) is 0 Å². The Balaban J connectivity index is 1.38. The number of rotatable bonds is 3. The van der Waals surface area contributed by atoms with Crippen LogP contribution in [0.5, 0.6) is 5.75 Å². The van der Waals surface area contributed by atoms with Crippen LogP contribution in [-0.2, 0) is 0 Å². The summed E-state index contributed by atoms with van der Waals surface area (Å²) >= 11 is 0. The zero-order chi connectivity index (χ0) is 20.0. The topological polar surface area (TPSA) is 88.8 Å². The first-order valence-corrected chi connectivity index (χ1v) is 9.34. The highest BCUT2D eigenvalue weighted by Crippen LogP contribution is 2.35. The molecule has 148 valence electrons. The van der Waals surface area contributed by atoms with Crippen molar-refractivity contribution in [2.45, 2.75) is 37.3 Å². The summed E-state index contributed by atoms with van der Waals surface area (Å²) in [5.41, 5.74) is 2.12. The van der Waals surface area contributed by atoms with Gasteiger partial charge in [-0.1, -0.05) is 0 Å². The van der Waals surface area contributed by atoms with Gasteiger partial charge in [-0.25, -0.2) is 18.7 Å². The number of aromatic hydroxyl groups is 1. The predicted octanol–water partition coefficient (Wildman–Crippen LogP) is 2.62.